The van der Waals surface area contributed by atoms with Gasteiger partial charge >= 0.3 is 0 Å². The molecule has 0 bridgehead atoms. The van der Waals surface area contributed by atoms with Gasteiger partial charge in [0.05, 0.1) is 5.38 Å². The molecule has 0 nitrogen and oxygen atoms in total. The smallest absolute Gasteiger partial charge is 0.0849 e. The molecular formula is C16H16Cl2. The molecule has 0 spiro atoms. The van der Waals surface area contributed by atoms with Crippen LogP contribution in [-0.4, -0.2) is 0 Å². The van der Waals surface area contributed by atoms with Gasteiger partial charge in [0.2, 0.25) is 0 Å². The molecule has 0 heterocycles. The number of rotatable bonds is 2. The molecule has 0 amide bonds. The van der Waals surface area contributed by atoms with Crippen LogP contribution in [0.3, 0.4) is 0 Å². The van der Waals surface area contributed by atoms with Crippen molar-refractivity contribution in [3.63, 3.8) is 0 Å². The van der Waals surface area contributed by atoms with Gasteiger partial charge in [-0.25, -0.2) is 0 Å². The Hall–Kier alpha value is -0.980. The monoisotopic (exact) mass is 278 g/mol. The maximum absolute atomic E-state index is 6.53. The Morgan fingerprint density at radius 3 is 2.22 bits per heavy atom. The fourth-order valence-corrected chi connectivity index (χ4v) is 2.67. The molecule has 1 unspecified atom stereocenters. The second-order valence-corrected chi connectivity index (χ2v) is 5.57. The molecule has 2 aromatic rings. The highest BCUT2D eigenvalue weighted by Crippen LogP contribution is 2.34. The molecule has 0 aliphatic rings. The zero-order valence-electron chi connectivity index (χ0n) is 10.8. The van der Waals surface area contributed by atoms with E-state index in [0.717, 1.165) is 21.7 Å². The van der Waals surface area contributed by atoms with Crippen LogP contribution in [0, 0.1) is 20.8 Å². The summed E-state index contributed by atoms with van der Waals surface area (Å²) in [6.07, 6.45) is 0. The molecular weight excluding hydrogens is 263 g/mol. The van der Waals surface area contributed by atoms with Crippen molar-refractivity contribution in [2.45, 2.75) is 26.1 Å². The van der Waals surface area contributed by atoms with E-state index in [0.29, 0.717) is 0 Å². The number of hydrogen-bond acceptors (Lipinski definition) is 0. The summed E-state index contributed by atoms with van der Waals surface area (Å²) >= 11 is 12.8. The lowest BCUT2D eigenvalue weighted by Gasteiger charge is -2.14. The van der Waals surface area contributed by atoms with Gasteiger partial charge < -0.3 is 0 Å². The van der Waals surface area contributed by atoms with Crippen LogP contribution in [0.2, 0.25) is 5.02 Å². The van der Waals surface area contributed by atoms with E-state index in [1.807, 2.05) is 25.1 Å². The molecule has 2 heteroatoms. The molecule has 0 aliphatic heterocycles. The van der Waals surface area contributed by atoms with Crippen LogP contribution in [0.15, 0.2) is 36.4 Å². The van der Waals surface area contributed by atoms with Gasteiger partial charge in [-0.15, -0.1) is 11.6 Å². The minimum atomic E-state index is -0.197. The summed E-state index contributed by atoms with van der Waals surface area (Å²) in [6.45, 7) is 6.22. The van der Waals surface area contributed by atoms with Crippen LogP contribution >= 0.6 is 23.2 Å². The largest absolute Gasteiger partial charge is 0.113 e. The zero-order chi connectivity index (χ0) is 13.3. The summed E-state index contributed by atoms with van der Waals surface area (Å²) in [6, 6.07) is 12.3. The summed E-state index contributed by atoms with van der Waals surface area (Å²) < 4.78 is 0. The van der Waals surface area contributed by atoms with Crippen LogP contribution in [0.5, 0.6) is 0 Å². The summed E-state index contributed by atoms with van der Waals surface area (Å²) in [5, 5.41) is 0.533. The molecule has 0 saturated carbocycles. The van der Waals surface area contributed by atoms with Crippen LogP contribution in [-0.2, 0) is 0 Å². The Labute approximate surface area is 119 Å². The lowest BCUT2D eigenvalue weighted by molar-refractivity contribution is 1.12. The zero-order valence-corrected chi connectivity index (χ0v) is 12.3. The average molecular weight is 279 g/mol. The molecule has 2 rings (SSSR count). The van der Waals surface area contributed by atoms with Crippen LogP contribution < -0.4 is 0 Å². The Morgan fingerprint density at radius 1 is 0.889 bits per heavy atom. The fraction of sp³-hybridized carbons (Fsp3) is 0.250. The van der Waals surface area contributed by atoms with E-state index in [2.05, 4.69) is 32.0 Å². The van der Waals surface area contributed by atoms with Crippen LogP contribution in [0.1, 0.15) is 33.2 Å². The van der Waals surface area contributed by atoms with E-state index in [1.165, 1.54) is 11.1 Å². The summed E-state index contributed by atoms with van der Waals surface area (Å²) in [5.74, 6) is 0. The molecule has 1 atom stereocenters. The first-order chi connectivity index (χ1) is 8.49. The Kier molecular flexibility index (Phi) is 3.99. The fourth-order valence-electron chi connectivity index (χ4n) is 1.94. The molecule has 18 heavy (non-hydrogen) atoms. The van der Waals surface area contributed by atoms with Crippen molar-refractivity contribution in [1.82, 2.24) is 0 Å². The molecule has 0 saturated heterocycles. The Morgan fingerprint density at radius 2 is 1.61 bits per heavy atom. The van der Waals surface area contributed by atoms with Crippen molar-refractivity contribution in [2.75, 3.05) is 0 Å². The van der Waals surface area contributed by atoms with Crippen molar-refractivity contribution in [3.8, 4) is 0 Å². The normalized spacial score (nSPS) is 12.5. The van der Waals surface area contributed by atoms with E-state index in [-0.39, 0.29) is 5.38 Å². The number of alkyl halides is 1. The van der Waals surface area contributed by atoms with Gasteiger partial charge in [0, 0.05) is 5.02 Å². The quantitative estimate of drug-likeness (QED) is 0.628. The first-order valence-corrected chi connectivity index (χ1v) is 6.78. The van der Waals surface area contributed by atoms with Gasteiger partial charge in [-0.1, -0.05) is 41.9 Å². The summed E-state index contributed by atoms with van der Waals surface area (Å²) in [4.78, 5) is 0. The minimum Gasteiger partial charge on any atom is -0.113 e. The third kappa shape index (κ3) is 2.71. The van der Waals surface area contributed by atoms with Gasteiger partial charge in [0.25, 0.3) is 0 Å². The van der Waals surface area contributed by atoms with Crippen molar-refractivity contribution in [2.24, 2.45) is 0 Å². The van der Waals surface area contributed by atoms with Gasteiger partial charge in [0.15, 0.2) is 0 Å². The highest BCUT2D eigenvalue weighted by Gasteiger charge is 2.14. The van der Waals surface area contributed by atoms with E-state index < -0.39 is 0 Å². The van der Waals surface area contributed by atoms with Gasteiger partial charge in [-0.05, 0) is 54.7 Å². The average Bonchev–Trinajstić information content (AvgIpc) is 2.32. The molecule has 2 aromatic carbocycles. The predicted molar refractivity (Wildman–Crippen MR) is 79.8 cm³/mol. The van der Waals surface area contributed by atoms with Gasteiger partial charge in [0.1, 0.15) is 0 Å². The van der Waals surface area contributed by atoms with Gasteiger partial charge in [-0.3, -0.25) is 0 Å². The Bertz CT molecular complexity index is 573. The summed E-state index contributed by atoms with van der Waals surface area (Å²) in [7, 11) is 0. The number of aryl methyl sites for hydroxylation is 3. The standard InChI is InChI=1S/C16H16Cl2/c1-10-4-7-14(15(17)8-10)16(18)13-6-5-11(2)12(3)9-13/h4-9,16H,1-3H3. The highest BCUT2D eigenvalue weighted by molar-refractivity contribution is 6.33. The van der Waals surface area contributed by atoms with Crippen molar-refractivity contribution in [1.29, 1.82) is 0 Å². The molecule has 94 valence electrons. The second-order valence-electron chi connectivity index (χ2n) is 4.73. The third-order valence-corrected chi connectivity index (χ3v) is 4.07. The molecule has 0 fully saturated rings. The van der Waals surface area contributed by atoms with Crippen LogP contribution in [0.25, 0.3) is 0 Å². The minimum absolute atomic E-state index is 0.197. The topological polar surface area (TPSA) is 0 Å². The molecule has 0 radical (unpaired) electrons. The number of hydrogen-bond donors (Lipinski definition) is 0. The van der Waals surface area contributed by atoms with E-state index in [1.54, 1.807) is 0 Å². The van der Waals surface area contributed by atoms with E-state index in [9.17, 15) is 0 Å². The SMILES string of the molecule is Cc1ccc(C(Cl)c2ccc(C)c(C)c2)c(Cl)c1. The summed E-state index contributed by atoms with van der Waals surface area (Å²) in [5.41, 5.74) is 5.73. The molecule has 0 aliphatic carbocycles. The van der Waals surface area contributed by atoms with Crippen LogP contribution in [0.4, 0.5) is 0 Å². The molecule has 0 aromatic heterocycles. The lowest BCUT2D eigenvalue weighted by Crippen LogP contribution is -1.96. The second kappa shape index (κ2) is 5.34. The first kappa shape index (κ1) is 13.5. The maximum Gasteiger partial charge on any atom is 0.0849 e. The van der Waals surface area contributed by atoms with Gasteiger partial charge in [-0.2, -0.15) is 0 Å². The highest BCUT2D eigenvalue weighted by atomic mass is 35.5. The third-order valence-electron chi connectivity index (χ3n) is 3.25. The predicted octanol–water partition coefficient (Wildman–Crippen LogP) is 5.59. The number of benzene rings is 2. The van der Waals surface area contributed by atoms with E-state index >= 15 is 0 Å². The van der Waals surface area contributed by atoms with Crippen molar-refractivity contribution >= 4 is 23.2 Å². The first-order valence-electron chi connectivity index (χ1n) is 5.96. The van der Waals surface area contributed by atoms with Crippen molar-refractivity contribution < 1.29 is 0 Å². The van der Waals surface area contributed by atoms with E-state index in [4.69, 9.17) is 23.2 Å². The molecule has 0 N–H and O–H groups in total. The number of halogens is 2. The Balaban J connectivity index is 2.41. The lowest BCUT2D eigenvalue weighted by atomic mass is 9.99. The maximum atomic E-state index is 6.53. The van der Waals surface area contributed by atoms with Crippen molar-refractivity contribution in [3.05, 3.63) is 69.2 Å².